The number of hydrogen-bond donors (Lipinski definition) is 0. The summed E-state index contributed by atoms with van der Waals surface area (Å²) in [4.78, 5) is 9.86. The number of rotatable bonds is 3. The Morgan fingerprint density at radius 2 is 1.88 bits per heavy atom. The minimum Gasteiger partial charge on any atom is -0.348 e. The summed E-state index contributed by atoms with van der Waals surface area (Å²) in [5, 5.41) is 3.31. The van der Waals surface area contributed by atoms with Crippen LogP contribution in [0.5, 0.6) is 0 Å². The van der Waals surface area contributed by atoms with E-state index in [1.807, 2.05) is 6.20 Å². The largest absolute Gasteiger partial charge is 0.348 e. The van der Waals surface area contributed by atoms with Gasteiger partial charge < -0.3 is 4.90 Å². The second-order valence-corrected chi connectivity index (χ2v) is 9.15. The third-order valence-corrected chi connectivity index (χ3v) is 7.35. The van der Waals surface area contributed by atoms with E-state index in [0.29, 0.717) is 11.3 Å². The van der Waals surface area contributed by atoms with Crippen molar-refractivity contribution in [2.75, 3.05) is 31.1 Å². The van der Waals surface area contributed by atoms with Gasteiger partial charge in [0.2, 0.25) is 0 Å². The van der Waals surface area contributed by atoms with Crippen LogP contribution in [0, 0.1) is 5.41 Å². The van der Waals surface area contributed by atoms with Crippen LogP contribution in [0.1, 0.15) is 43.6 Å². The molecular weight excluding hydrogens is 326 g/mol. The summed E-state index contributed by atoms with van der Waals surface area (Å²) in [6, 6.07) is 12.1. The van der Waals surface area contributed by atoms with Crippen molar-refractivity contribution in [1.29, 1.82) is 0 Å². The summed E-state index contributed by atoms with van der Waals surface area (Å²) < 4.78 is 0. The summed E-state index contributed by atoms with van der Waals surface area (Å²) in [5.74, 6) is 0.710. The van der Waals surface area contributed by atoms with Gasteiger partial charge in [0, 0.05) is 43.8 Å². The van der Waals surface area contributed by atoms with Gasteiger partial charge in [-0.1, -0.05) is 30.3 Å². The molecule has 2 aliphatic heterocycles. The predicted molar refractivity (Wildman–Crippen MR) is 104 cm³/mol. The molecule has 1 saturated carbocycles. The summed E-state index contributed by atoms with van der Waals surface area (Å²) >= 11 is 1.78. The highest BCUT2D eigenvalue weighted by Gasteiger charge is 2.45. The van der Waals surface area contributed by atoms with Gasteiger partial charge in [0.1, 0.15) is 0 Å². The molecule has 4 heteroatoms. The molecule has 132 valence electrons. The second kappa shape index (κ2) is 6.40. The van der Waals surface area contributed by atoms with E-state index in [9.17, 15) is 0 Å². The van der Waals surface area contributed by atoms with Crippen molar-refractivity contribution in [2.24, 2.45) is 5.41 Å². The number of anilines is 1. The summed E-state index contributed by atoms with van der Waals surface area (Å²) in [5.41, 5.74) is 2.06. The molecule has 3 nitrogen and oxygen atoms in total. The Hall–Kier alpha value is -1.39. The highest BCUT2D eigenvalue weighted by Crippen LogP contribution is 2.48. The minimum atomic E-state index is 0.509. The maximum Gasteiger partial charge on any atom is 0.185 e. The first-order valence-corrected chi connectivity index (χ1v) is 10.6. The van der Waals surface area contributed by atoms with Crippen LogP contribution in [0.15, 0.2) is 41.9 Å². The van der Waals surface area contributed by atoms with Gasteiger partial charge in [-0.05, 0) is 49.0 Å². The van der Waals surface area contributed by atoms with E-state index in [4.69, 9.17) is 0 Å². The normalized spacial score (nSPS) is 26.9. The molecule has 3 aliphatic rings. The summed E-state index contributed by atoms with van der Waals surface area (Å²) in [6.45, 7) is 4.94. The van der Waals surface area contributed by atoms with Gasteiger partial charge in [-0.15, -0.1) is 11.3 Å². The maximum atomic E-state index is 4.52. The number of aromatic nitrogens is 1. The third-order valence-electron chi connectivity index (χ3n) is 6.52. The lowest BCUT2D eigenvalue weighted by molar-refractivity contribution is 0.0461. The maximum absolute atomic E-state index is 4.52. The van der Waals surface area contributed by atoms with Crippen LogP contribution in [-0.4, -0.2) is 42.1 Å². The van der Waals surface area contributed by atoms with Crippen molar-refractivity contribution in [3.8, 4) is 0 Å². The van der Waals surface area contributed by atoms with Crippen molar-refractivity contribution in [2.45, 2.75) is 44.1 Å². The van der Waals surface area contributed by atoms with E-state index in [0.717, 1.165) is 6.04 Å². The van der Waals surface area contributed by atoms with Crippen LogP contribution >= 0.6 is 11.3 Å². The topological polar surface area (TPSA) is 19.4 Å². The molecule has 1 aliphatic carbocycles. The van der Waals surface area contributed by atoms with Gasteiger partial charge in [-0.25, -0.2) is 4.98 Å². The van der Waals surface area contributed by atoms with E-state index in [1.54, 1.807) is 16.9 Å². The molecule has 1 aromatic heterocycles. The fourth-order valence-corrected chi connectivity index (χ4v) is 5.70. The van der Waals surface area contributed by atoms with Crippen LogP contribution in [-0.2, 0) is 0 Å². The van der Waals surface area contributed by atoms with Crippen LogP contribution in [0.25, 0.3) is 0 Å². The van der Waals surface area contributed by atoms with Gasteiger partial charge in [0.15, 0.2) is 5.13 Å². The fraction of sp³-hybridized carbons (Fsp3) is 0.571. The molecule has 1 atom stereocenters. The van der Waals surface area contributed by atoms with E-state index in [1.165, 1.54) is 63.4 Å². The molecule has 1 spiro atoms. The van der Waals surface area contributed by atoms with Crippen molar-refractivity contribution in [3.63, 3.8) is 0 Å². The standard InChI is InChI=1S/C21H27N3S/c1-2-4-17(5-3-1)18-14-21(16-24(15-18)19-6-7-19)8-11-23(12-9-21)20-22-10-13-25-20/h1-5,10,13,18-19H,6-9,11-12,14-16H2/t18-/m0/s1. The molecule has 25 heavy (non-hydrogen) atoms. The predicted octanol–water partition coefficient (Wildman–Crippen LogP) is 4.38. The smallest absolute Gasteiger partial charge is 0.185 e. The van der Waals surface area contributed by atoms with Gasteiger partial charge in [-0.3, -0.25) is 4.90 Å². The van der Waals surface area contributed by atoms with Gasteiger partial charge in [-0.2, -0.15) is 0 Å². The molecule has 2 aromatic rings. The van der Waals surface area contributed by atoms with E-state index in [2.05, 4.69) is 50.5 Å². The average Bonchev–Trinajstić information content (AvgIpc) is 3.38. The lowest BCUT2D eigenvalue weighted by Gasteiger charge is -2.50. The van der Waals surface area contributed by atoms with Crippen LogP contribution < -0.4 is 4.90 Å². The van der Waals surface area contributed by atoms with Crippen LogP contribution in [0.2, 0.25) is 0 Å². The zero-order valence-corrected chi connectivity index (χ0v) is 15.6. The van der Waals surface area contributed by atoms with Crippen LogP contribution in [0.3, 0.4) is 0 Å². The molecule has 2 saturated heterocycles. The molecule has 5 rings (SSSR count). The van der Waals surface area contributed by atoms with Crippen molar-refractivity contribution in [1.82, 2.24) is 9.88 Å². The van der Waals surface area contributed by atoms with Crippen molar-refractivity contribution in [3.05, 3.63) is 47.5 Å². The molecule has 0 radical (unpaired) electrons. The van der Waals surface area contributed by atoms with Crippen molar-refractivity contribution >= 4 is 16.5 Å². The number of likely N-dealkylation sites (tertiary alicyclic amines) is 1. The highest BCUT2D eigenvalue weighted by atomic mass is 32.1. The molecule has 0 amide bonds. The zero-order valence-electron chi connectivity index (χ0n) is 14.8. The summed E-state index contributed by atoms with van der Waals surface area (Å²) in [6.07, 6.45) is 8.78. The van der Waals surface area contributed by atoms with Gasteiger partial charge in [0.05, 0.1) is 0 Å². The number of thiazole rings is 1. The number of hydrogen-bond acceptors (Lipinski definition) is 4. The highest BCUT2D eigenvalue weighted by molar-refractivity contribution is 7.13. The average molecular weight is 354 g/mol. The first-order valence-electron chi connectivity index (χ1n) is 9.75. The SMILES string of the molecule is c1ccc([C@@H]2CN(C3CC3)CC3(CCN(c4nccs4)CC3)C2)cc1. The fourth-order valence-electron chi connectivity index (χ4n) is 5.00. The quantitative estimate of drug-likeness (QED) is 0.816. The molecule has 3 fully saturated rings. The van der Waals surface area contributed by atoms with E-state index < -0.39 is 0 Å². The van der Waals surface area contributed by atoms with E-state index in [-0.39, 0.29) is 0 Å². The number of benzene rings is 1. The molecule has 1 aromatic carbocycles. The van der Waals surface area contributed by atoms with Gasteiger partial charge >= 0.3 is 0 Å². The zero-order chi connectivity index (χ0) is 16.7. The lowest BCUT2D eigenvalue weighted by Crippen LogP contribution is -2.52. The monoisotopic (exact) mass is 353 g/mol. The molecule has 0 unspecified atom stereocenters. The van der Waals surface area contributed by atoms with Crippen LogP contribution in [0.4, 0.5) is 5.13 Å². The van der Waals surface area contributed by atoms with Crippen molar-refractivity contribution < 1.29 is 0 Å². The Morgan fingerprint density at radius 1 is 1.08 bits per heavy atom. The lowest BCUT2D eigenvalue weighted by atomic mass is 9.68. The Labute approximate surface area is 154 Å². The Balaban J connectivity index is 1.35. The Bertz CT molecular complexity index is 687. The number of piperidine rings is 2. The Kier molecular flexibility index (Phi) is 4.05. The molecule has 0 N–H and O–H groups in total. The number of nitrogens with zero attached hydrogens (tertiary/aromatic N) is 3. The molecule has 3 heterocycles. The molecule has 0 bridgehead atoms. The minimum absolute atomic E-state index is 0.509. The first kappa shape index (κ1) is 15.8. The first-order chi connectivity index (χ1) is 12.3. The van der Waals surface area contributed by atoms with Gasteiger partial charge in [0.25, 0.3) is 0 Å². The summed E-state index contributed by atoms with van der Waals surface area (Å²) in [7, 11) is 0. The Morgan fingerprint density at radius 3 is 2.56 bits per heavy atom. The van der Waals surface area contributed by atoms with E-state index >= 15 is 0 Å². The molecular formula is C21H27N3S. The third kappa shape index (κ3) is 3.22. The second-order valence-electron chi connectivity index (χ2n) is 8.27.